The van der Waals surface area contributed by atoms with Crippen molar-refractivity contribution < 1.29 is 31.4 Å². The highest BCUT2D eigenvalue weighted by atomic mass is 32.2. The number of ether oxygens (including phenoxy) is 1. The molecule has 2 fully saturated rings. The highest BCUT2D eigenvalue weighted by Crippen LogP contribution is 2.30. The SMILES string of the molecule is CC(=O)NC[C@H]1CN(c2ccc(-c3ccc(N4CCC(=NOS(C)(=O)=O)CC4)nc3)c(F)c2)C(=O)O1. The number of nitrogens with one attached hydrogen (secondary N) is 1. The molecule has 0 aliphatic carbocycles. The summed E-state index contributed by atoms with van der Waals surface area (Å²) in [6, 6.07) is 8.06. The Balaban J connectivity index is 1.39. The maximum absolute atomic E-state index is 15.0. The summed E-state index contributed by atoms with van der Waals surface area (Å²) >= 11 is 0. The summed E-state index contributed by atoms with van der Waals surface area (Å²) < 4.78 is 46.9. The Labute approximate surface area is 208 Å². The van der Waals surface area contributed by atoms with Crippen LogP contribution in [0.4, 0.5) is 20.7 Å². The van der Waals surface area contributed by atoms with Crippen LogP contribution in [0.25, 0.3) is 11.1 Å². The molecule has 2 saturated heterocycles. The highest BCUT2D eigenvalue weighted by Gasteiger charge is 2.32. The molecule has 1 N–H and O–H groups in total. The summed E-state index contributed by atoms with van der Waals surface area (Å²) in [5.41, 5.74) is 1.95. The number of hydrogen-bond donors (Lipinski definition) is 1. The lowest BCUT2D eigenvalue weighted by Crippen LogP contribution is -2.34. The monoisotopic (exact) mass is 519 g/mol. The molecule has 36 heavy (non-hydrogen) atoms. The molecule has 13 heteroatoms. The van der Waals surface area contributed by atoms with Gasteiger partial charge in [-0.1, -0.05) is 5.16 Å². The van der Waals surface area contributed by atoms with E-state index < -0.39 is 28.1 Å². The fraction of sp³-hybridized carbons (Fsp3) is 0.391. The molecule has 0 radical (unpaired) electrons. The number of cyclic esters (lactones) is 1. The van der Waals surface area contributed by atoms with Crippen molar-refractivity contribution >= 4 is 39.3 Å². The van der Waals surface area contributed by atoms with E-state index in [1.165, 1.54) is 17.9 Å². The van der Waals surface area contributed by atoms with Gasteiger partial charge in [0.2, 0.25) is 5.91 Å². The lowest BCUT2D eigenvalue weighted by Gasteiger charge is -2.28. The lowest BCUT2D eigenvalue weighted by molar-refractivity contribution is -0.119. The Morgan fingerprint density at radius 3 is 2.64 bits per heavy atom. The minimum absolute atomic E-state index is 0.190. The first-order valence-electron chi connectivity index (χ1n) is 11.3. The topological polar surface area (TPSA) is 130 Å². The number of halogens is 1. The molecular formula is C23H26FN5O6S. The van der Waals surface area contributed by atoms with Gasteiger partial charge in [0, 0.05) is 50.2 Å². The molecule has 0 spiro atoms. The fourth-order valence-corrected chi connectivity index (χ4v) is 4.18. The first-order valence-corrected chi connectivity index (χ1v) is 13.1. The number of benzene rings is 1. The van der Waals surface area contributed by atoms with Crippen molar-refractivity contribution in [1.82, 2.24) is 10.3 Å². The van der Waals surface area contributed by atoms with E-state index >= 15 is 0 Å². The van der Waals surface area contributed by atoms with Crippen molar-refractivity contribution in [3.05, 3.63) is 42.3 Å². The van der Waals surface area contributed by atoms with E-state index in [1.54, 1.807) is 30.5 Å². The van der Waals surface area contributed by atoms with Gasteiger partial charge in [0.1, 0.15) is 17.7 Å². The van der Waals surface area contributed by atoms with Crippen LogP contribution in [0.5, 0.6) is 0 Å². The quantitative estimate of drug-likeness (QED) is 0.552. The Kier molecular flexibility index (Phi) is 7.38. The number of carbonyl (C=O) groups excluding carboxylic acids is 2. The van der Waals surface area contributed by atoms with Gasteiger partial charge in [-0.25, -0.2) is 14.2 Å². The first-order chi connectivity index (χ1) is 17.1. The molecule has 11 nitrogen and oxygen atoms in total. The van der Waals surface area contributed by atoms with Crippen molar-refractivity contribution in [3.63, 3.8) is 0 Å². The van der Waals surface area contributed by atoms with Gasteiger partial charge in [0.25, 0.3) is 0 Å². The summed E-state index contributed by atoms with van der Waals surface area (Å²) in [4.78, 5) is 31.1. The van der Waals surface area contributed by atoms with Gasteiger partial charge in [-0.15, -0.1) is 0 Å². The Morgan fingerprint density at radius 2 is 2.03 bits per heavy atom. The number of oxime groups is 1. The molecule has 192 valence electrons. The van der Waals surface area contributed by atoms with Crippen molar-refractivity contribution in [2.45, 2.75) is 25.9 Å². The third-order valence-electron chi connectivity index (χ3n) is 5.74. The third kappa shape index (κ3) is 6.27. The normalized spacial score (nSPS) is 18.1. The molecule has 1 aromatic heterocycles. The Morgan fingerprint density at radius 1 is 1.28 bits per heavy atom. The largest absolute Gasteiger partial charge is 0.442 e. The van der Waals surface area contributed by atoms with Gasteiger partial charge >= 0.3 is 16.2 Å². The van der Waals surface area contributed by atoms with Crippen LogP contribution in [-0.4, -0.2) is 69.7 Å². The summed E-state index contributed by atoms with van der Waals surface area (Å²) in [7, 11) is -3.63. The number of nitrogens with zero attached hydrogens (tertiary/aromatic N) is 4. The first kappa shape index (κ1) is 25.4. The number of pyridine rings is 1. The van der Waals surface area contributed by atoms with Crippen molar-refractivity contribution in [2.75, 3.05) is 42.2 Å². The molecule has 2 aliphatic heterocycles. The van der Waals surface area contributed by atoms with Gasteiger partial charge in [0.15, 0.2) is 0 Å². The van der Waals surface area contributed by atoms with Crippen molar-refractivity contribution in [3.8, 4) is 11.1 Å². The average molecular weight is 520 g/mol. The minimum Gasteiger partial charge on any atom is -0.442 e. The molecule has 0 saturated carbocycles. The van der Waals surface area contributed by atoms with E-state index in [0.29, 0.717) is 54.3 Å². The minimum atomic E-state index is -3.63. The van der Waals surface area contributed by atoms with Crippen LogP contribution in [0.3, 0.4) is 0 Å². The molecule has 0 unspecified atom stereocenters. The van der Waals surface area contributed by atoms with E-state index in [2.05, 4.69) is 19.7 Å². The van der Waals surface area contributed by atoms with Crippen LogP contribution >= 0.6 is 0 Å². The molecule has 1 atom stereocenters. The van der Waals surface area contributed by atoms with E-state index in [4.69, 9.17) is 4.74 Å². The Hall–Kier alpha value is -3.74. The molecule has 0 bridgehead atoms. The van der Waals surface area contributed by atoms with Gasteiger partial charge in [-0.3, -0.25) is 14.0 Å². The molecule has 2 amide bonds. The van der Waals surface area contributed by atoms with Crippen LogP contribution < -0.4 is 15.1 Å². The van der Waals surface area contributed by atoms with Crippen molar-refractivity contribution in [1.29, 1.82) is 0 Å². The van der Waals surface area contributed by atoms with Crippen LogP contribution in [0.15, 0.2) is 41.7 Å². The highest BCUT2D eigenvalue weighted by molar-refractivity contribution is 7.85. The second kappa shape index (κ2) is 10.5. The van der Waals surface area contributed by atoms with E-state index in [1.807, 2.05) is 4.90 Å². The van der Waals surface area contributed by atoms with Crippen LogP contribution in [-0.2, 0) is 23.9 Å². The van der Waals surface area contributed by atoms with Crippen LogP contribution in [0.1, 0.15) is 19.8 Å². The lowest BCUT2D eigenvalue weighted by atomic mass is 10.1. The summed E-state index contributed by atoms with van der Waals surface area (Å²) in [6.07, 6.45) is 2.50. The zero-order valence-corrected chi connectivity index (χ0v) is 20.6. The van der Waals surface area contributed by atoms with Crippen LogP contribution in [0.2, 0.25) is 0 Å². The predicted octanol–water partition coefficient (Wildman–Crippen LogP) is 2.28. The predicted molar refractivity (Wildman–Crippen MR) is 131 cm³/mol. The average Bonchev–Trinajstić information content (AvgIpc) is 3.22. The summed E-state index contributed by atoms with van der Waals surface area (Å²) in [5, 5.41) is 6.30. The smallest absolute Gasteiger partial charge is 0.414 e. The number of anilines is 2. The number of carbonyl (C=O) groups is 2. The third-order valence-corrected chi connectivity index (χ3v) is 6.09. The summed E-state index contributed by atoms with van der Waals surface area (Å²) in [6.45, 7) is 2.96. The van der Waals surface area contributed by atoms with E-state index in [0.717, 1.165) is 6.26 Å². The molecular weight excluding hydrogens is 493 g/mol. The number of amides is 2. The maximum Gasteiger partial charge on any atom is 0.414 e. The zero-order valence-electron chi connectivity index (χ0n) is 19.8. The van der Waals surface area contributed by atoms with E-state index in [9.17, 15) is 22.4 Å². The Bertz CT molecular complexity index is 1270. The van der Waals surface area contributed by atoms with Crippen molar-refractivity contribution in [2.24, 2.45) is 5.16 Å². The molecule has 4 rings (SSSR count). The number of piperidine rings is 1. The van der Waals surface area contributed by atoms with Gasteiger partial charge in [-0.2, -0.15) is 8.42 Å². The number of hydrogen-bond acceptors (Lipinski definition) is 9. The van der Waals surface area contributed by atoms with Gasteiger partial charge in [0.05, 0.1) is 30.7 Å². The van der Waals surface area contributed by atoms with Gasteiger partial charge < -0.3 is 15.0 Å². The second-order valence-electron chi connectivity index (χ2n) is 8.55. The summed E-state index contributed by atoms with van der Waals surface area (Å²) in [5.74, 6) is -0.0219. The molecule has 3 heterocycles. The maximum atomic E-state index is 15.0. The van der Waals surface area contributed by atoms with E-state index in [-0.39, 0.29) is 19.0 Å². The number of aromatic nitrogens is 1. The zero-order chi connectivity index (χ0) is 25.9. The molecule has 2 aliphatic rings. The standard InChI is InChI=1S/C23H26FN5O6S/c1-15(30)25-13-19-14-29(23(31)34-19)18-4-5-20(21(24)11-18)16-3-6-22(26-12-16)28-9-7-17(8-10-28)27-35-36(2,32)33/h3-6,11-12,19H,7-10,13-14H2,1-2H3,(H,25,30)/t19-/m0/s1. The molecule has 2 aromatic rings. The second-order valence-corrected chi connectivity index (χ2v) is 10.1. The fourth-order valence-electron chi connectivity index (χ4n) is 3.94. The van der Waals surface area contributed by atoms with Crippen LogP contribution in [0, 0.1) is 5.82 Å². The molecule has 1 aromatic carbocycles. The number of rotatable bonds is 7. The van der Waals surface area contributed by atoms with Gasteiger partial charge in [-0.05, 0) is 30.3 Å².